The highest BCUT2D eigenvalue weighted by Gasteiger charge is 2.10. The minimum atomic E-state index is -0.310. The van der Waals surface area contributed by atoms with Crippen molar-refractivity contribution in [1.82, 2.24) is 19.8 Å². The van der Waals surface area contributed by atoms with Gasteiger partial charge in [-0.1, -0.05) is 15.8 Å². The molecule has 6 nitrogen and oxygen atoms in total. The van der Waals surface area contributed by atoms with Crippen molar-refractivity contribution in [2.24, 2.45) is 0 Å². The molecule has 2 heterocycles. The van der Waals surface area contributed by atoms with Gasteiger partial charge in [-0.05, 0) is 18.5 Å². The predicted octanol–water partition coefficient (Wildman–Crippen LogP) is 0.950. The summed E-state index contributed by atoms with van der Waals surface area (Å²) in [6, 6.07) is 0. The van der Waals surface area contributed by atoms with E-state index >= 15 is 0 Å². The van der Waals surface area contributed by atoms with Gasteiger partial charge in [-0.25, -0.2) is 0 Å². The van der Waals surface area contributed by atoms with Crippen molar-refractivity contribution in [3.05, 3.63) is 16.1 Å². The highest BCUT2D eigenvalue weighted by molar-refractivity contribution is 7.15. The zero-order valence-electron chi connectivity index (χ0n) is 7.09. The summed E-state index contributed by atoms with van der Waals surface area (Å²) < 4.78 is 3.59. The van der Waals surface area contributed by atoms with E-state index in [1.807, 2.05) is 6.92 Å². The molecule has 0 unspecified atom stereocenters. The smallest absolute Gasteiger partial charge is 0.278 e. The Kier molecular flexibility index (Phi) is 2.46. The van der Waals surface area contributed by atoms with E-state index in [1.54, 1.807) is 5.38 Å². The molecule has 2 aromatic rings. The summed E-state index contributed by atoms with van der Waals surface area (Å²) in [4.78, 5) is 11.4. The fraction of sp³-hybridized carbons (Fsp3) is 0.167. The third-order valence-electron chi connectivity index (χ3n) is 1.34. The van der Waals surface area contributed by atoms with Crippen LogP contribution in [-0.2, 0) is 0 Å². The third kappa shape index (κ3) is 1.91. The van der Waals surface area contributed by atoms with Crippen LogP contribution >= 0.6 is 22.9 Å². The monoisotopic (exact) mass is 227 g/mol. The van der Waals surface area contributed by atoms with Crippen molar-refractivity contribution >= 4 is 33.9 Å². The molecule has 72 valence electrons. The Morgan fingerprint density at radius 3 is 2.86 bits per heavy atom. The largest absolute Gasteiger partial charge is 0.295 e. The van der Waals surface area contributed by atoms with Crippen LogP contribution in [0.15, 0.2) is 5.38 Å². The van der Waals surface area contributed by atoms with Crippen LogP contribution < -0.4 is 5.32 Å². The van der Waals surface area contributed by atoms with E-state index in [-0.39, 0.29) is 5.91 Å². The molecule has 2 rings (SSSR count). The van der Waals surface area contributed by atoms with Gasteiger partial charge in [-0.3, -0.25) is 10.1 Å². The van der Waals surface area contributed by atoms with Crippen LogP contribution in [0.5, 0.6) is 0 Å². The van der Waals surface area contributed by atoms with E-state index in [1.165, 1.54) is 11.3 Å². The molecule has 0 spiro atoms. The van der Waals surface area contributed by atoms with Crippen molar-refractivity contribution in [3.63, 3.8) is 0 Å². The third-order valence-corrected chi connectivity index (χ3v) is 2.60. The fourth-order valence-electron chi connectivity index (χ4n) is 0.772. The number of aromatic nitrogens is 4. The molecule has 1 amide bonds. The highest BCUT2D eigenvalue weighted by atomic mass is 32.1. The number of carbonyl (C=O) groups is 1. The Morgan fingerprint density at radius 2 is 2.29 bits per heavy atom. The average Bonchev–Trinajstić information content (AvgIpc) is 2.75. The summed E-state index contributed by atoms with van der Waals surface area (Å²) in [5.74, 6) is -0.310. The summed E-state index contributed by atoms with van der Waals surface area (Å²) in [7, 11) is 0. The van der Waals surface area contributed by atoms with E-state index in [9.17, 15) is 4.79 Å². The Bertz CT molecular complexity index is 437. The lowest BCUT2D eigenvalue weighted by molar-refractivity contribution is 0.102. The Balaban J connectivity index is 2.09. The number of hydrogen-bond acceptors (Lipinski definition) is 7. The summed E-state index contributed by atoms with van der Waals surface area (Å²) in [5.41, 5.74) is 0.294. The predicted molar refractivity (Wildman–Crippen MR) is 52.5 cm³/mol. The average molecular weight is 227 g/mol. The van der Waals surface area contributed by atoms with Crippen LogP contribution in [0.25, 0.3) is 0 Å². The van der Waals surface area contributed by atoms with Gasteiger partial charge in [-0.15, -0.1) is 15.3 Å². The molecular weight excluding hydrogens is 222 g/mol. The molecule has 0 saturated carbocycles. The first-order chi connectivity index (χ1) is 6.75. The lowest BCUT2D eigenvalue weighted by atomic mass is 10.5. The van der Waals surface area contributed by atoms with Gasteiger partial charge in [-0.2, -0.15) is 0 Å². The van der Waals surface area contributed by atoms with Gasteiger partial charge in [0, 0.05) is 5.38 Å². The van der Waals surface area contributed by atoms with Crippen molar-refractivity contribution in [3.8, 4) is 0 Å². The van der Waals surface area contributed by atoms with E-state index < -0.39 is 0 Å². The van der Waals surface area contributed by atoms with Crippen LogP contribution in [0, 0.1) is 6.92 Å². The first-order valence-electron chi connectivity index (χ1n) is 3.64. The zero-order chi connectivity index (χ0) is 9.97. The molecule has 0 aliphatic rings. The highest BCUT2D eigenvalue weighted by Crippen LogP contribution is 2.14. The SMILES string of the molecule is Cc1nnc(NC(=O)c2csnn2)s1. The van der Waals surface area contributed by atoms with Gasteiger partial charge in [0.15, 0.2) is 5.69 Å². The maximum atomic E-state index is 11.4. The molecule has 1 N–H and O–H groups in total. The summed E-state index contributed by atoms with van der Waals surface area (Å²) in [6.07, 6.45) is 0. The number of carbonyl (C=O) groups excluding carboxylic acids is 1. The molecule has 0 aromatic carbocycles. The van der Waals surface area contributed by atoms with E-state index in [4.69, 9.17) is 0 Å². The Morgan fingerprint density at radius 1 is 1.43 bits per heavy atom. The molecule has 8 heteroatoms. The van der Waals surface area contributed by atoms with Crippen LogP contribution in [0.4, 0.5) is 5.13 Å². The number of nitrogens with one attached hydrogen (secondary N) is 1. The number of aryl methyl sites for hydroxylation is 1. The first kappa shape index (κ1) is 9.16. The Hall–Kier alpha value is -1.41. The van der Waals surface area contributed by atoms with Crippen LogP contribution in [0.1, 0.15) is 15.5 Å². The lowest BCUT2D eigenvalue weighted by Gasteiger charge is -1.94. The van der Waals surface area contributed by atoms with E-state index in [2.05, 4.69) is 25.1 Å². The van der Waals surface area contributed by atoms with Crippen molar-refractivity contribution in [1.29, 1.82) is 0 Å². The van der Waals surface area contributed by atoms with Gasteiger partial charge in [0.1, 0.15) is 5.01 Å². The quantitative estimate of drug-likeness (QED) is 0.826. The topological polar surface area (TPSA) is 80.7 Å². The fourth-order valence-corrected chi connectivity index (χ4v) is 1.79. The number of nitrogens with zero attached hydrogens (tertiary/aromatic N) is 4. The van der Waals surface area contributed by atoms with Gasteiger partial charge in [0.25, 0.3) is 5.91 Å². The van der Waals surface area contributed by atoms with Crippen molar-refractivity contribution in [2.45, 2.75) is 6.92 Å². The second kappa shape index (κ2) is 3.76. The minimum Gasteiger partial charge on any atom is -0.295 e. The Labute approximate surface area is 87.2 Å². The molecule has 0 radical (unpaired) electrons. The molecule has 0 saturated heterocycles. The van der Waals surface area contributed by atoms with Crippen molar-refractivity contribution in [2.75, 3.05) is 5.32 Å². The molecule has 2 aromatic heterocycles. The van der Waals surface area contributed by atoms with Gasteiger partial charge < -0.3 is 0 Å². The van der Waals surface area contributed by atoms with Gasteiger partial charge in [0.05, 0.1) is 0 Å². The van der Waals surface area contributed by atoms with Crippen LogP contribution in [0.2, 0.25) is 0 Å². The summed E-state index contributed by atoms with van der Waals surface area (Å²) >= 11 is 2.44. The van der Waals surface area contributed by atoms with E-state index in [0.717, 1.165) is 16.5 Å². The van der Waals surface area contributed by atoms with E-state index in [0.29, 0.717) is 10.8 Å². The molecule has 14 heavy (non-hydrogen) atoms. The zero-order valence-corrected chi connectivity index (χ0v) is 8.72. The molecular formula is C6H5N5OS2. The van der Waals surface area contributed by atoms with Gasteiger partial charge >= 0.3 is 0 Å². The maximum Gasteiger partial charge on any atom is 0.278 e. The molecule has 0 bridgehead atoms. The standard InChI is InChI=1S/C6H5N5OS2/c1-3-8-10-6(14-3)7-5(12)4-2-13-11-9-4/h2H,1H3,(H,7,10,12). The molecule has 0 atom stereocenters. The second-order valence-electron chi connectivity index (χ2n) is 2.37. The second-order valence-corrected chi connectivity index (χ2v) is 4.16. The minimum absolute atomic E-state index is 0.294. The molecule has 0 aliphatic heterocycles. The summed E-state index contributed by atoms with van der Waals surface area (Å²) in [6.45, 7) is 1.82. The molecule has 0 aliphatic carbocycles. The van der Waals surface area contributed by atoms with Crippen LogP contribution in [-0.4, -0.2) is 25.7 Å². The number of amides is 1. The maximum absolute atomic E-state index is 11.4. The number of rotatable bonds is 2. The first-order valence-corrected chi connectivity index (χ1v) is 5.29. The summed E-state index contributed by atoms with van der Waals surface area (Å²) in [5, 5.41) is 16.6. The van der Waals surface area contributed by atoms with Crippen molar-refractivity contribution < 1.29 is 4.79 Å². The number of anilines is 1. The normalized spacial score (nSPS) is 10.1. The lowest BCUT2D eigenvalue weighted by Crippen LogP contribution is -2.12. The van der Waals surface area contributed by atoms with Gasteiger partial charge in [0.2, 0.25) is 5.13 Å². The molecule has 0 fully saturated rings. The van der Waals surface area contributed by atoms with Crippen LogP contribution in [0.3, 0.4) is 0 Å². The number of hydrogen-bond donors (Lipinski definition) is 1.